The Balaban J connectivity index is 1.79. The van der Waals surface area contributed by atoms with Crippen LogP contribution < -0.4 is 15.4 Å². The third-order valence-corrected chi connectivity index (χ3v) is 3.99. The number of rotatable bonds is 6. The standard InChI is InChI=1S/C22H22N2O4/c1-14(2)28-19-8-5-4-7-17(19)23-21(25)16-11-10-15(3)18(13-16)24-22(26)20-9-6-12-27-20/h4-14H,1-3H3,(H,23,25)(H,24,26). The van der Waals surface area contributed by atoms with Gasteiger partial charge in [0.1, 0.15) is 5.75 Å². The number of aryl methyl sites for hydroxylation is 1. The fourth-order valence-electron chi connectivity index (χ4n) is 2.61. The summed E-state index contributed by atoms with van der Waals surface area (Å²) < 4.78 is 10.8. The van der Waals surface area contributed by atoms with Crippen LogP contribution in [-0.4, -0.2) is 17.9 Å². The molecule has 0 aliphatic carbocycles. The Bertz CT molecular complexity index is 978. The topological polar surface area (TPSA) is 80.6 Å². The molecule has 144 valence electrons. The zero-order valence-electron chi connectivity index (χ0n) is 16.0. The van der Waals surface area contributed by atoms with Crippen molar-refractivity contribution in [1.82, 2.24) is 0 Å². The summed E-state index contributed by atoms with van der Waals surface area (Å²) in [5.41, 5.74) is 2.38. The monoisotopic (exact) mass is 378 g/mol. The lowest BCUT2D eigenvalue weighted by Crippen LogP contribution is -2.16. The Morgan fingerprint density at radius 2 is 1.68 bits per heavy atom. The van der Waals surface area contributed by atoms with Crippen molar-refractivity contribution < 1.29 is 18.7 Å². The van der Waals surface area contributed by atoms with Crippen molar-refractivity contribution in [2.75, 3.05) is 10.6 Å². The maximum atomic E-state index is 12.7. The van der Waals surface area contributed by atoms with Gasteiger partial charge in [-0.2, -0.15) is 0 Å². The molecule has 0 fully saturated rings. The lowest BCUT2D eigenvalue weighted by atomic mass is 10.1. The first-order valence-electron chi connectivity index (χ1n) is 8.96. The maximum absolute atomic E-state index is 12.7. The van der Waals surface area contributed by atoms with Gasteiger partial charge in [0.15, 0.2) is 5.76 Å². The molecule has 28 heavy (non-hydrogen) atoms. The van der Waals surface area contributed by atoms with E-state index in [0.29, 0.717) is 22.7 Å². The number of hydrogen-bond donors (Lipinski definition) is 2. The van der Waals surface area contributed by atoms with Crippen LogP contribution in [0.25, 0.3) is 0 Å². The Morgan fingerprint density at radius 3 is 2.39 bits per heavy atom. The molecule has 0 saturated carbocycles. The van der Waals surface area contributed by atoms with Gasteiger partial charge in [-0.3, -0.25) is 9.59 Å². The van der Waals surface area contributed by atoms with Crippen molar-refractivity contribution in [3.63, 3.8) is 0 Å². The van der Waals surface area contributed by atoms with Crippen molar-refractivity contribution in [3.8, 4) is 5.75 Å². The highest BCUT2D eigenvalue weighted by atomic mass is 16.5. The number of furan rings is 1. The molecule has 0 spiro atoms. The van der Waals surface area contributed by atoms with E-state index in [-0.39, 0.29) is 23.7 Å². The van der Waals surface area contributed by atoms with E-state index in [1.54, 1.807) is 42.5 Å². The van der Waals surface area contributed by atoms with Gasteiger partial charge in [-0.25, -0.2) is 0 Å². The molecular formula is C22H22N2O4. The lowest BCUT2D eigenvalue weighted by molar-refractivity contribution is 0.0993. The molecule has 6 heteroatoms. The van der Waals surface area contributed by atoms with Crippen LogP contribution in [0.15, 0.2) is 65.3 Å². The Kier molecular flexibility index (Phi) is 5.79. The van der Waals surface area contributed by atoms with Crippen molar-refractivity contribution >= 4 is 23.2 Å². The number of ether oxygens (including phenoxy) is 1. The summed E-state index contributed by atoms with van der Waals surface area (Å²) in [6, 6.07) is 15.6. The number of carbonyl (C=O) groups excluding carboxylic acids is 2. The Morgan fingerprint density at radius 1 is 0.929 bits per heavy atom. The quantitative estimate of drug-likeness (QED) is 0.641. The highest BCUT2D eigenvalue weighted by molar-refractivity contribution is 6.07. The van der Waals surface area contributed by atoms with E-state index in [2.05, 4.69) is 10.6 Å². The van der Waals surface area contributed by atoms with Gasteiger partial charge in [0.25, 0.3) is 11.8 Å². The van der Waals surface area contributed by atoms with E-state index in [1.165, 1.54) is 6.26 Å². The minimum Gasteiger partial charge on any atom is -0.489 e. The Hall–Kier alpha value is -3.54. The summed E-state index contributed by atoms with van der Waals surface area (Å²) in [5.74, 6) is 0.132. The molecule has 0 saturated heterocycles. The predicted octanol–water partition coefficient (Wildman–Crippen LogP) is 4.88. The van der Waals surface area contributed by atoms with E-state index in [9.17, 15) is 9.59 Å². The minimum atomic E-state index is -0.374. The van der Waals surface area contributed by atoms with E-state index in [4.69, 9.17) is 9.15 Å². The van der Waals surface area contributed by atoms with Crippen molar-refractivity contribution in [1.29, 1.82) is 0 Å². The largest absolute Gasteiger partial charge is 0.489 e. The molecule has 0 aliphatic rings. The van der Waals surface area contributed by atoms with E-state index in [0.717, 1.165) is 5.56 Å². The van der Waals surface area contributed by atoms with Crippen LogP contribution in [0.5, 0.6) is 5.75 Å². The van der Waals surface area contributed by atoms with Crippen molar-refractivity contribution in [2.24, 2.45) is 0 Å². The molecule has 0 unspecified atom stereocenters. The fourth-order valence-corrected chi connectivity index (χ4v) is 2.61. The summed E-state index contributed by atoms with van der Waals surface area (Å²) in [6.45, 7) is 5.70. The van der Waals surface area contributed by atoms with Gasteiger partial charge < -0.3 is 19.8 Å². The normalized spacial score (nSPS) is 10.6. The zero-order valence-corrected chi connectivity index (χ0v) is 16.0. The summed E-state index contributed by atoms with van der Waals surface area (Å²) >= 11 is 0. The highest BCUT2D eigenvalue weighted by Crippen LogP contribution is 2.26. The summed E-state index contributed by atoms with van der Waals surface area (Å²) in [5, 5.41) is 5.64. The SMILES string of the molecule is Cc1ccc(C(=O)Nc2ccccc2OC(C)C)cc1NC(=O)c1ccco1. The molecule has 0 aliphatic heterocycles. The smallest absolute Gasteiger partial charge is 0.291 e. The first-order chi connectivity index (χ1) is 13.4. The number of nitrogens with one attached hydrogen (secondary N) is 2. The molecular weight excluding hydrogens is 356 g/mol. The molecule has 2 amide bonds. The van der Waals surface area contributed by atoms with Crippen LogP contribution in [-0.2, 0) is 0 Å². The highest BCUT2D eigenvalue weighted by Gasteiger charge is 2.14. The second-order valence-electron chi connectivity index (χ2n) is 6.58. The first-order valence-corrected chi connectivity index (χ1v) is 8.96. The zero-order chi connectivity index (χ0) is 20.1. The molecule has 1 heterocycles. The van der Waals surface area contributed by atoms with Crippen LogP contribution in [0.4, 0.5) is 11.4 Å². The Labute approximate surface area is 163 Å². The predicted molar refractivity (Wildman–Crippen MR) is 108 cm³/mol. The van der Waals surface area contributed by atoms with Crippen molar-refractivity contribution in [3.05, 3.63) is 77.7 Å². The third kappa shape index (κ3) is 4.59. The van der Waals surface area contributed by atoms with Crippen LogP contribution in [0.2, 0.25) is 0 Å². The second kappa shape index (κ2) is 8.43. The maximum Gasteiger partial charge on any atom is 0.291 e. The molecule has 3 aromatic rings. The number of anilines is 2. The molecule has 0 radical (unpaired) electrons. The number of amides is 2. The fraction of sp³-hybridized carbons (Fsp3) is 0.182. The summed E-state index contributed by atoms with van der Waals surface area (Å²) in [7, 11) is 0. The second-order valence-corrected chi connectivity index (χ2v) is 6.58. The van der Waals surface area contributed by atoms with Gasteiger partial charge in [0.05, 0.1) is 18.1 Å². The van der Waals surface area contributed by atoms with Gasteiger partial charge in [-0.15, -0.1) is 0 Å². The van der Waals surface area contributed by atoms with Crippen molar-refractivity contribution in [2.45, 2.75) is 26.9 Å². The van der Waals surface area contributed by atoms with Crippen LogP contribution in [0.1, 0.15) is 40.3 Å². The third-order valence-electron chi connectivity index (χ3n) is 3.99. The molecule has 2 N–H and O–H groups in total. The van der Waals surface area contributed by atoms with Crippen LogP contribution in [0.3, 0.4) is 0 Å². The van der Waals surface area contributed by atoms with Gasteiger partial charge in [-0.05, 0) is 62.7 Å². The van der Waals surface area contributed by atoms with Gasteiger partial charge in [0, 0.05) is 11.3 Å². The van der Waals surface area contributed by atoms with Crippen LogP contribution >= 0.6 is 0 Å². The molecule has 0 bridgehead atoms. The molecule has 0 atom stereocenters. The molecule has 6 nitrogen and oxygen atoms in total. The van der Waals surface area contributed by atoms with Gasteiger partial charge in [0.2, 0.25) is 0 Å². The van der Waals surface area contributed by atoms with Crippen LogP contribution in [0, 0.1) is 6.92 Å². The van der Waals surface area contributed by atoms with E-state index < -0.39 is 0 Å². The molecule has 3 rings (SSSR count). The number of benzene rings is 2. The minimum absolute atomic E-state index is 0.0131. The summed E-state index contributed by atoms with van der Waals surface area (Å²) in [6.07, 6.45) is 1.42. The molecule has 1 aromatic heterocycles. The number of carbonyl (C=O) groups is 2. The van der Waals surface area contributed by atoms with Gasteiger partial charge >= 0.3 is 0 Å². The average Bonchev–Trinajstić information content (AvgIpc) is 3.19. The number of para-hydroxylation sites is 2. The van der Waals surface area contributed by atoms with E-state index in [1.807, 2.05) is 32.9 Å². The molecule has 2 aromatic carbocycles. The number of hydrogen-bond acceptors (Lipinski definition) is 4. The summed E-state index contributed by atoms with van der Waals surface area (Å²) in [4.78, 5) is 25.0. The van der Waals surface area contributed by atoms with Gasteiger partial charge in [-0.1, -0.05) is 18.2 Å². The first kappa shape index (κ1) is 19.2. The average molecular weight is 378 g/mol. The lowest BCUT2D eigenvalue weighted by Gasteiger charge is -2.15. The van der Waals surface area contributed by atoms with E-state index >= 15 is 0 Å².